The number of ether oxygens (including phenoxy) is 1. The van der Waals surface area contributed by atoms with Crippen molar-refractivity contribution < 1.29 is 14.9 Å². The van der Waals surface area contributed by atoms with Crippen LogP contribution in [0.25, 0.3) is 0 Å². The Bertz CT molecular complexity index is 445. The van der Waals surface area contributed by atoms with E-state index in [9.17, 15) is 10.2 Å². The van der Waals surface area contributed by atoms with Crippen LogP contribution in [-0.2, 0) is 11.2 Å². The summed E-state index contributed by atoms with van der Waals surface area (Å²) in [6.07, 6.45) is 1.64. The first kappa shape index (κ1) is 14.2. The van der Waals surface area contributed by atoms with E-state index in [1.165, 1.54) is 6.07 Å². The number of fused-ring (bicyclic) bond motifs is 1. The van der Waals surface area contributed by atoms with Crippen molar-refractivity contribution in [1.29, 1.82) is 0 Å². The Morgan fingerprint density at radius 2 is 2.11 bits per heavy atom. The molecule has 2 unspecified atom stereocenters. The van der Waals surface area contributed by atoms with Gasteiger partial charge in [-0.3, -0.25) is 0 Å². The quantitative estimate of drug-likeness (QED) is 0.731. The third kappa shape index (κ3) is 3.01. The van der Waals surface area contributed by atoms with Crippen molar-refractivity contribution in [2.75, 3.05) is 13.6 Å². The molecule has 0 spiro atoms. The van der Waals surface area contributed by atoms with Gasteiger partial charge in [0.25, 0.3) is 0 Å². The van der Waals surface area contributed by atoms with Crippen molar-refractivity contribution in [2.24, 2.45) is 5.92 Å². The minimum Gasteiger partial charge on any atom is -0.504 e. The van der Waals surface area contributed by atoms with E-state index in [-0.39, 0.29) is 23.7 Å². The van der Waals surface area contributed by atoms with E-state index >= 15 is 0 Å². The molecule has 1 heterocycles. The summed E-state index contributed by atoms with van der Waals surface area (Å²) >= 11 is 0. The molecule has 4 nitrogen and oxygen atoms in total. The van der Waals surface area contributed by atoms with Crippen LogP contribution in [0.15, 0.2) is 12.1 Å². The Morgan fingerprint density at radius 3 is 2.74 bits per heavy atom. The van der Waals surface area contributed by atoms with Gasteiger partial charge in [-0.15, -0.1) is 0 Å². The largest absolute Gasteiger partial charge is 0.504 e. The van der Waals surface area contributed by atoms with Crippen LogP contribution < -0.4 is 5.32 Å². The van der Waals surface area contributed by atoms with Crippen LogP contribution >= 0.6 is 0 Å². The number of phenolic OH excluding ortho intramolecular Hbond substituents is 2. The predicted octanol–water partition coefficient (Wildman–Crippen LogP) is 2.35. The van der Waals surface area contributed by atoms with Gasteiger partial charge in [0.2, 0.25) is 0 Å². The Kier molecular flexibility index (Phi) is 4.32. The molecule has 1 aliphatic rings. The second kappa shape index (κ2) is 5.80. The van der Waals surface area contributed by atoms with Crippen molar-refractivity contribution in [3.05, 3.63) is 23.3 Å². The zero-order chi connectivity index (χ0) is 14.0. The fourth-order valence-corrected chi connectivity index (χ4v) is 2.75. The molecule has 2 rings (SSSR count). The van der Waals surface area contributed by atoms with Gasteiger partial charge in [0.15, 0.2) is 11.5 Å². The summed E-state index contributed by atoms with van der Waals surface area (Å²) in [6, 6.07) is 3.38. The molecule has 1 aliphatic heterocycles. The Balaban J connectivity index is 2.32. The third-order valence-electron chi connectivity index (χ3n) is 3.56. The second-order valence-electron chi connectivity index (χ2n) is 5.64. The van der Waals surface area contributed by atoms with Crippen molar-refractivity contribution in [3.8, 4) is 11.5 Å². The Hall–Kier alpha value is -1.26. The van der Waals surface area contributed by atoms with Crippen LogP contribution in [-0.4, -0.2) is 29.9 Å². The minimum absolute atomic E-state index is 0.00987. The Morgan fingerprint density at radius 1 is 1.37 bits per heavy atom. The van der Waals surface area contributed by atoms with Gasteiger partial charge in [-0.25, -0.2) is 0 Å². The first-order valence-electron chi connectivity index (χ1n) is 6.86. The summed E-state index contributed by atoms with van der Waals surface area (Å²) in [6.45, 7) is 5.02. The molecule has 0 aliphatic carbocycles. The maximum atomic E-state index is 10.1. The first-order chi connectivity index (χ1) is 9.02. The molecule has 2 atom stereocenters. The van der Waals surface area contributed by atoms with Crippen LogP contribution in [0.2, 0.25) is 0 Å². The molecule has 0 radical (unpaired) electrons. The predicted molar refractivity (Wildman–Crippen MR) is 74.5 cm³/mol. The van der Waals surface area contributed by atoms with E-state index in [0.29, 0.717) is 18.9 Å². The van der Waals surface area contributed by atoms with Crippen LogP contribution in [0.1, 0.15) is 37.5 Å². The van der Waals surface area contributed by atoms with E-state index in [0.717, 1.165) is 17.5 Å². The minimum atomic E-state index is -0.0657. The smallest absolute Gasteiger partial charge is 0.161 e. The van der Waals surface area contributed by atoms with Gasteiger partial charge >= 0.3 is 0 Å². The number of nitrogens with one attached hydrogen (secondary N) is 1. The molecule has 0 amide bonds. The van der Waals surface area contributed by atoms with Crippen LogP contribution in [0, 0.1) is 5.92 Å². The standard InChI is InChI=1S/C15H23NO3/c1-9(2)6-10-7-12-11(14(19-10)8-16-3)4-5-13(17)15(12)18/h4-5,9-10,14,16-18H,6-8H2,1-3H3. The zero-order valence-corrected chi connectivity index (χ0v) is 11.8. The van der Waals surface area contributed by atoms with Crippen molar-refractivity contribution >= 4 is 0 Å². The third-order valence-corrected chi connectivity index (χ3v) is 3.56. The average molecular weight is 265 g/mol. The van der Waals surface area contributed by atoms with Gasteiger partial charge < -0.3 is 20.3 Å². The fraction of sp³-hybridized carbons (Fsp3) is 0.600. The van der Waals surface area contributed by atoms with E-state index in [1.807, 2.05) is 13.1 Å². The van der Waals surface area contributed by atoms with Crippen LogP contribution in [0.4, 0.5) is 0 Å². The lowest BCUT2D eigenvalue weighted by molar-refractivity contribution is -0.0339. The van der Waals surface area contributed by atoms with E-state index in [2.05, 4.69) is 19.2 Å². The van der Waals surface area contributed by atoms with Crippen LogP contribution in [0.3, 0.4) is 0 Å². The van der Waals surface area contributed by atoms with Gasteiger partial charge in [-0.2, -0.15) is 0 Å². The summed E-state index contributed by atoms with van der Waals surface area (Å²) < 4.78 is 6.10. The number of rotatable bonds is 4. The topological polar surface area (TPSA) is 61.7 Å². The van der Waals surface area contributed by atoms with Gasteiger partial charge in [0.1, 0.15) is 0 Å². The average Bonchev–Trinajstić information content (AvgIpc) is 2.34. The summed E-state index contributed by atoms with van der Waals surface area (Å²) in [5, 5.41) is 22.8. The molecule has 4 heteroatoms. The van der Waals surface area contributed by atoms with Crippen molar-refractivity contribution in [2.45, 2.75) is 38.9 Å². The molecule has 0 saturated carbocycles. The highest BCUT2D eigenvalue weighted by Gasteiger charge is 2.30. The number of phenols is 2. The lowest BCUT2D eigenvalue weighted by Crippen LogP contribution is -2.32. The first-order valence-corrected chi connectivity index (χ1v) is 6.86. The molecule has 19 heavy (non-hydrogen) atoms. The molecule has 1 aromatic rings. The number of hydrogen-bond acceptors (Lipinski definition) is 4. The summed E-state index contributed by atoms with van der Waals surface area (Å²) in [7, 11) is 1.88. The molecule has 0 saturated heterocycles. The summed E-state index contributed by atoms with van der Waals surface area (Å²) in [5.41, 5.74) is 1.81. The molecule has 106 valence electrons. The van der Waals surface area contributed by atoms with Crippen molar-refractivity contribution in [1.82, 2.24) is 5.32 Å². The number of aromatic hydroxyl groups is 2. The monoisotopic (exact) mass is 265 g/mol. The van der Waals surface area contributed by atoms with Gasteiger partial charge in [0.05, 0.1) is 12.2 Å². The molecule has 0 fully saturated rings. The number of likely N-dealkylation sites (N-methyl/N-ethyl adjacent to an activating group) is 1. The maximum Gasteiger partial charge on any atom is 0.161 e. The van der Waals surface area contributed by atoms with E-state index in [1.54, 1.807) is 0 Å². The normalized spacial score (nSPS) is 22.5. The lowest BCUT2D eigenvalue weighted by Gasteiger charge is -2.33. The second-order valence-corrected chi connectivity index (χ2v) is 5.64. The van der Waals surface area contributed by atoms with E-state index < -0.39 is 0 Å². The summed E-state index contributed by atoms with van der Waals surface area (Å²) in [5.74, 6) is 0.504. The summed E-state index contributed by atoms with van der Waals surface area (Å²) in [4.78, 5) is 0. The molecule has 0 aromatic heterocycles. The number of benzene rings is 1. The molecular weight excluding hydrogens is 242 g/mol. The number of hydrogen-bond donors (Lipinski definition) is 3. The van der Waals surface area contributed by atoms with Gasteiger partial charge in [-0.05, 0) is 31.0 Å². The molecule has 3 N–H and O–H groups in total. The van der Waals surface area contributed by atoms with E-state index in [4.69, 9.17) is 4.74 Å². The van der Waals surface area contributed by atoms with Crippen LogP contribution in [0.5, 0.6) is 11.5 Å². The lowest BCUT2D eigenvalue weighted by atomic mass is 9.90. The zero-order valence-electron chi connectivity index (χ0n) is 11.8. The van der Waals surface area contributed by atoms with Crippen molar-refractivity contribution in [3.63, 3.8) is 0 Å². The molecular formula is C15H23NO3. The molecule has 0 bridgehead atoms. The SMILES string of the molecule is CNCC1OC(CC(C)C)Cc2c1ccc(O)c2O. The Labute approximate surface area is 114 Å². The highest BCUT2D eigenvalue weighted by Crippen LogP contribution is 2.40. The highest BCUT2D eigenvalue weighted by atomic mass is 16.5. The van der Waals surface area contributed by atoms with Gasteiger partial charge in [-0.1, -0.05) is 19.9 Å². The molecule has 1 aromatic carbocycles. The van der Waals surface area contributed by atoms with Gasteiger partial charge in [0, 0.05) is 18.5 Å². The highest BCUT2D eigenvalue weighted by molar-refractivity contribution is 5.50. The fourth-order valence-electron chi connectivity index (χ4n) is 2.75. The maximum absolute atomic E-state index is 10.1.